The minimum atomic E-state index is 0.351. The van der Waals surface area contributed by atoms with Gasteiger partial charge < -0.3 is 4.90 Å². The summed E-state index contributed by atoms with van der Waals surface area (Å²) in [4.78, 5) is 2.71. The fourth-order valence-corrected chi connectivity index (χ4v) is 3.59. The fraction of sp³-hybridized carbons (Fsp3) is 0.933. The summed E-state index contributed by atoms with van der Waals surface area (Å²) in [5, 5.41) is 8.92. The van der Waals surface area contributed by atoms with E-state index in [1.54, 1.807) is 0 Å². The molecular weight excluding hydrogens is 208 g/mol. The molecule has 1 aliphatic carbocycles. The summed E-state index contributed by atoms with van der Waals surface area (Å²) in [5.74, 6) is 1.34. The summed E-state index contributed by atoms with van der Waals surface area (Å²) in [7, 11) is 0. The van der Waals surface area contributed by atoms with Gasteiger partial charge in [0.05, 0.1) is 6.07 Å². The summed E-state index contributed by atoms with van der Waals surface area (Å²) >= 11 is 0. The molecule has 2 rings (SSSR count). The maximum Gasteiger partial charge on any atom is 0.0655 e. The van der Waals surface area contributed by atoms with Crippen molar-refractivity contribution in [1.82, 2.24) is 4.90 Å². The number of piperidine rings is 1. The number of rotatable bonds is 3. The molecule has 0 unspecified atom stereocenters. The van der Waals surface area contributed by atoms with E-state index >= 15 is 0 Å². The zero-order chi connectivity index (χ0) is 12.1. The first kappa shape index (κ1) is 12.9. The minimum Gasteiger partial charge on any atom is -0.300 e. The highest BCUT2D eigenvalue weighted by Crippen LogP contribution is 2.30. The molecule has 0 bridgehead atoms. The van der Waals surface area contributed by atoms with Crippen molar-refractivity contribution < 1.29 is 0 Å². The van der Waals surface area contributed by atoms with Gasteiger partial charge in [-0.15, -0.1) is 0 Å². The monoisotopic (exact) mass is 234 g/mol. The van der Waals surface area contributed by atoms with Crippen molar-refractivity contribution in [3.63, 3.8) is 0 Å². The molecule has 0 N–H and O–H groups in total. The van der Waals surface area contributed by atoms with Crippen molar-refractivity contribution in [2.45, 2.75) is 64.3 Å². The van der Waals surface area contributed by atoms with Gasteiger partial charge in [-0.2, -0.15) is 5.26 Å². The molecule has 1 saturated heterocycles. The summed E-state index contributed by atoms with van der Waals surface area (Å²) in [6.07, 6.45) is 10.4. The topological polar surface area (TPSA) is 27.0 Å². The van der Waals surface area contributed by atoms with Crippen LogP contribution < -0.4 is 0 Å². The van der Waals surface area contributed by atoms with Gasteiger partial charge in [-0.3, -0.25) is 0 Å². The van der Waals surface area contributed by atoms with E-state index in [-0.39, 0.29) is 0 Å². The van der Waals surface area contributed by atoms with Gasteiger partial charge >= 0.3 is 0 Å². The number of hydrogen-bond donors (Lipinski definition) is 0. The molecule has 17 heavy (non-hydrogen) atoms. The van der Waals surface area contributed by atoms with Gasteiger partial charge in [-0.05, 0) is 57.5 Å². The van der Waals surface area contributed by atoms with Crippen LogP contribution in [0.1, 0.15) is 58.3 Å². The predicted octanol–water partition coefficient (Wildman–Crippen LogP) is 3.58. The molecule has 2 fully saturated rings. The number of nitriles is 1. The van der Waals surface area contributed by atoms with Crippen LogP contribution in [0.3, 0.4) is 0 Å². The molecule has 2 aliphatic rings. The van der Waals surface area contributed by atoms with Crippen LogP contribution in [0.5, 0.6) is 0 Å². The molecule has 0 aromatic carbocycles. The van der Waals surface area contributed by atoms with Gasteiger partial charge in [0.15, 0.2) is 0 Å². The van der Waals surface area contributed by atoms with Crippen LogP contribution in [-0.4, -0.2) is 24.0 Å². The Morgan fingerprint density at radius 2 is 1.71 bits per heavy atom. The van der Waals surface area contributed by atoms with Gasteiger partial charge in [0.1, 0.15) is 0 Å². The molecule has 0 aromatic heterocycles. The highest BCUT2D eigenvalue weighted by molar-refractivity contribution is 4.90. The maximum absolute atomic E-state index is 8.92. The van der Waals surface area contributed by atoms with E-state index < -0.39 is 0 Å². The molecule has 1 aliphatic heterocycles. The second-order valence-electron chi connectivity index (χ2n) is 5.90. The third kappa shape index (κ3) is 3.45. The van der Waals surface area contributed by atoms with E-state index in [1.165, 1.54) is 51.6 Å². The number of nitrogens with zero attached hydrogens (tertiary/aromatic N) is 2. The van der Waals surface area contributed by atoms with Crippen LogP contribution in [0.2, 0.25) is 0 Å². The van der Waals surface area contributed by atoms with E-state index in [0.29, 0.717) is 5.92 Å². The molecule has 0 aromatic rings. The third-order valence-corrected chi connectivity index (χ3v) is 4.74. The lowest BCUT2D eigenvalue weighted by Crippen LogP contribution is -2.43. The normalized spacial score (nSPS) is 32.2. The predicted molar refractivity (Wildman–Crippen MR) is 70.6 cm³/mol. The van der Waals surface area contributed by atoms with Crippen molar-refractivity contribution in [2.24, 2.45) is 11.8 Å². The number of hydrogen-bond acceptors (Lipinski definition) is 2. The molecule has 1 heterocycles. The Morgan fingerprint density at radius 1 is 1.06 bits per heavy atom. The molecule has 2 nitrogen and oxygen atoms in total. The average molecular weight is 234 g/mol. The zero-order valence-corrected chi connectivity index (χ0v) is 11.2. The van der Waals surface area contributed by atoms with E-state index in [4.69, 9.17) is 5.26 Å². The summed E-state index contributed by atoms with van der Waals surface area (Å²) in [5.41, 5.74) is 0. The van der Waals surface area contributed by atoms with Gasteiger partial charge in [-0.1, -0.05) is 19.8 Å². The Kier molecular flexibility index (Phi) is 4.86. The molecule has 96 valence electrons. The molecule has 0 atom stereocenters. The van der Waals surface area contributed by atoms with Gasteiger partial charge in [0.2, 0.25) is 0 Å². The van der Waals surface area contributed by atoms with Gasteiger partial charge in [0, 0.05) is 12.0 Å². The quantitative estimate of drug-likeness (QED) is 0.746. The fourth-order valence-electron chi connectivity index (χ4n) is 3.59. The largest absolute Gasteiger partial charge is 0.300 e. The van der Waals surface area contributed by atoms with E-state index in [0.717, 1.165) is 24.8 Å². The Morgan fingerprint density at radius 3 is 2.24 bits per heavy atom. The van der Waals surface area contributed by atoms with Crippen molar-refractivity contribution in [3.8, 4) is 6.07 Å². The van der Waals surface area contributed by atoms with Crippen molar-refractivity contribution in [2.75, 3.05) is 13.1 Å². The van der Waals surface area contributed by atoms with Crippen molar-refractivity contribution >= 4 is 0 Å². The molecule has 2 heteroatoms. The van der Waals surface area contributed by atoms with E-state index in [2.05, 4.69) is 17.9 Å². The Labute approximate surface area is 106 Å². The second kappa shape index (κ2) is 6.40. The van der Waals surface area contributed by atoms with Gasteiger partial charge in [0.25, 0.3) is 0 Å². The Bertz CT molecular complexity index is 253. The third-order valence-electron chi connectivity index (χ3n) is 4.74. The van der Waals surface area contributed by atoms with Crippen molar-refractivity contribution in [1.29, 1.82) is 5.26 Å². The summed E-state index contributed by atoms with van der Waals surface area (Å²) < 4.78 is 0. The Balaban J connectivity index is 1.72. The second-order valence-corrected chi connectivity index (χ2v) is 5.90. The highest BCUT2D eigenvalue weighted by Gasteiger charge is 2.28. The van der Waals surface area contributed by atoms with Crippen LogP contribution in [0.25, 0.3) is 0 Å². The first-order chi connectivity index (χ1) is 8.33. The molecule has 1 saturated carbocycles. The standard InChI is InChI=1S/C15H26N2/c1-2-3-13-8-10-17(11-9-13)15-6-4-14(12-16)5-7-15/h13-15H,2-11H2,1H3. The first-order valence-electron chi connectivity index (χ1n) is 7.47. The highest BCUT2D eigenvalue weighted by atomic mass is 15.2. The van der Waals surface area contributed by atoms with E-state index in [9.17, 15) is 0 Å². The smallest absolute Gasteiger partial charge is 0.0655 e. The van der Waals surface area contributed by atoms with Crippen LogP contribution in [0.15, 0.2) is 0 Å². The summed E-state index contributed by atoms with van der Waals surface area (Å²) in [6.45, 7) is 4.93. The molecular formula is C15H26N2. The SMILES string of the molecule is CCCC1CCN(C2CCC(C#N)CC2)CC1. The lowest BCUT2D eigenvalue weighted by atomic mass is 9.84. The van der Waals surface area contributed by atoms with Crippen LogP contribution in [0.4, 0.5) is 0 Å². The van der Waals surface area contributed by atoms with Gasteiger partial charge in [-0.25, -0.2) is 0 Å². The lowest BCUT2D eigenvalue weighted by Gasteiger charge is -2.40. The van der Waals surface area contributed by atoms with Crippen LogP contribution in [0, 0.1) is 23.2 Å². The summed E-state index contributed by atoms with van der Waals surface area (Å²) in [6, 6.07) is 3.23. The maximum atomic E-state index is 8.92. The van der Waals surface area contributed by atoms with E-state index in [1.807, 2.05) is 0 Å². The van der Waals surface area contributed by atoms with Crippen LogP contribution in [-0.2, 0) is 0 Å². The number of likely N-dealkylation sites (tertiary alicyclic amines) is 1. The minimum absolute atomic E-state index is 0.351. The molecule has 0 amide bonds. The Hall–Kier alpha value is -0.550. The van der Waals surface area contributed by atoms with Crippen molar-refractivity contribution in [3.05, 3.63) is 0 Å². The first-order valence-corrected chi connectivity index (χ1v) is 7.47. The van der Waals surface area contributed by atoms with Crippen LogP contribution >= 0.6 is 0 Å². The lowest BCUT2D eigenvalue weighted by molar-refractivity contribution is 0.0980. The molecule has 0 spiro atoms. The average Bonchev–Trinajstić information content (AvgIpc) is 2.40. The molecule has 0 radical (unpaired) electrons. The zero-order valence-electron chi connectivity index (χ0n) is 11.2.